The lowest BCUT2D eigenvalue weighted by Gasteiger charge is -2.17. The van der Waals surface area contributed by atoms with Gasteiger partial charge in [-0.2, -0.15) is 10.2 Å². The van der Waals surface area contributed by atoms with Crippen LogP contribution in [0.4, 0.5) is 11.4 Å². The molecule has 0 saturated heterocycles. The second-order valence-corrected chi connectivity index (χ2v) is 7.28. The summed E-state index contributed by atoms with van der Waals surface area (Å²) in [7, 11) is 2.87. The molecule has 0 radical (unpaired) electrons. The van der Waals surface area contributed by atoms with E-state index in [4.69, 9.17) is 42.1 Å². The Labute approximate surface area is 202 Å². The van der Waals surface area contributed by atoms with Crippen molar-refractivity contribution in [2.45, 2.75) is 26.8 Å². The van der Waals surface area contributed by atoms with Gasteiger partial charge >= 0.3 is 0 Å². The topological polar surface area (TPSA) is 108 Å². The molecule has 0 spiro atoms. The fraction of sp³-hybridized carbons (Fsp3) is 0.364. The smallest absolute Gasteiger partial charge is 0.258 e. The van der Waals surface area contributed by atoms with Gasteiger partial charge in [-0.05, 0) is 32.9 Å². The van der Waals surface area contributed by atoms with Crippen molar-refractivity contribution >= 4 is 46.3 Å². The van der Waals surface area contributed by atoms with Crippen molar-refractivity contribution in [2.75, 3.05) is 32.8 Å². The molecule has 9 nitrogen and oxygen atoms in total. The third-order valence-electron chi connectivity index (χ3n) is 4.27. The number of ether oxygens (including phenoxy) is 4. The lowest BCUT2D eigenvalue weighted by Crippen LogP contribution is -2.32. The van der Waals surface area contributed by atoms with Gasteiger partial charge in [0, 0.05) is 12.1 Å². The van der Waals surface area contributed by atoms with Gasteiger partial charge in [-0.3, -0.25) is 9.59 Å². The predicted octanol–water partition coefficient (Wildman–Crippen LogP) is 5.49. The molecule has 178 valence electrons. The number of Topliss-reactive ketones (excluding diaryl/α,β-unsaturated/α-hetero) is 1. The van der Waals surface area contributed by atoms with Crippen LogP contribution >= 0.6 is 23.2 Å². The van der Waals surface area contributed by atoms with Crippen LogP contribution in [0.1, 0.15) is 20.8 Å². The average Bonchev–Trinajstić information content (AvgIpc) is 2.77. The number of rotatable bonds is 11. The Balaban J connectivity index is 2.41. The Kier molecular flexibility index (Phi) is 9.74. The highest BCUT2D eigenvalue weighted by molar-refractivity contribution is 6.36. The summed E-state index contributed by atoms with van der Waals surface area (Å²) in [6, 6.07) is 4.83. The summed E-state index contributed by atoms with van der Waals surface area (Å²) in [4.78, 5) is 25.2. The molecule has 1 atom stereocenters. The molecule has 0 aromatic heterocycles. The summed E-state index contributed by atoms with van der Waals surface area (Å²) in [5, 5.41) is 10.9. The van der Waals surface area contributed by atoms with Gasteiger partial charge in [-0.1, -0.05) is 23.2 Å². The molecule has 1 unspecified atom stereocenters. The van der Waals surface area contributed by atoms with E-state index in [9.17, 15) is 9.59 Å². The highest BCUT2D eigenvalue weighted by atomic mass is 35.5. The van der Waals surface area contributed by atoms with Crippen LogP contribution < -0.4 is 24.3 Å². The van der Waals surface area contributed by atoms with Crippen molar-refractivity contribution < 1.29 is 28.5 Å². The first-order valence-electron chi connectivity index (χ1n) is 9.99. The molecule has 1 N–H and O–H groups in total. The van der Waals surface area contributed by atoms with Gasteiger partial charge in [0.1, 0.15) is 33.6 Å². The van der Waals surface area contributed by atoms with Crippen LogP contribution in [0.5, 0.6) is 23.0 Å². The predicted molar refractivity (Wildman–Crippen MR) is 126 cm³/mol. The molecule has 0 aliphatic rings. The number of carbonyl (C=O) groups is 2. The summed E-state index contributed by atoms with van der Waals surface area (Å²) in [6.07, 6.45) is 0. The van der Waals surface area contributed by atoms with Crippen molar-refractivity contribution in [3.63, 3.8) is 0 Å². The van der Waals surface area contributed by atoms with Gasteiger partial charge in [0.05, 0.1) is 32.5 Å². The van der Waals surface area contributed by atoms with Crippen LogP contribution in [0.2, 0.25) is 10.0 Å². The molecular formula is C22H25Cl2N3O6. The van der Waals surface area contributed by atoms with E-state index >= 15 is 0 Å². The number of halogens is 2. The number of hydrogen-bond donors (Lipinski definition) is 1. The van der Waals surface area contributed by atoms with Crippen molar-refractivity contribution in [1.82, 2.24) is 0 Å². The molecule has 2 rings (SSSR count). The van der Waals surface area contributed by atoms with E-state index in [0.29, 0.717) is 30.5 Å². The van der Waals surface area contributed by atoms with E-state index in [0.717, 1.165) is 0 Å². The molecular weight excluding hydrogens is 473 g/mol. The van der Waals surface area contributed by atoms with Crippen LogP contribution in [-0.2, 0) is 9.59 Å². The van der Waals surface area contributed by atoms with E-state index in [1.54, 1.807) is 26.0 Å². The number of hydrogen-bond acceptors (Lipinski definition) is 8. The zero-order valence-electron chi connectivity index (χ0n) is 18.9. The Morgan fingerprint density at radius 3 is 2.24 bits per heavy atom. The maximum atomic E-state index is 13.0. The molecule has 1 amide bonds. The SMILES string of the molecule is CCOc1ccc(OCC)c(NC(=O)C(N=Nc2cc(OC)cc(Cl)c2OC)C(C)=O)c1Cl. The summed E-state index contributed by atoms with van der Waals surface area (Å²) in [5.74, 6) is -0.00101. The third-order valence-corrected chi connectivity index (χ3v) is 4.92. The molecule has 0 bridgehead atoms. The van der Waals surface area contributed by atoms with E-state index in [2.05, 4.69) is 15.5 Å². The first-order valence-corrected chi connectivity index (χ1v) is 10.7. The third kappa shape index (κ3) is 6.49. The van der Waals surface area contributed by atoms with E-state index < -0.39 is 17.7 Å². The minimum absolute atomic E-state index is 0.136. The van der Waals surface area contributed by atoms with Gasteiger partial charge in [0.25, 0.3) is 5.91 Å². The van der Waals surface area contributed by atoms with Crippen LogP contribution in [0.25, 0.3) is 0 Å². The number of nitrogens with one attached hydrogen (secondary N) is 1. The minimum atomic E-state index is -1.47. The van der Waals surface area contributed by atoms with E-state index in [1.807, 2.05) is 0 Å². The van der Waals surface area contributed by atoms with Gasteiger partial charge in [0.2, 0.25) is 6.04 Å². The van der Waals surface area contributed by atoms with E-state index in [1.165, 1.54) is 33.3 Å². The monoisotopic (exact) mass is 497 g/mol. The van der Waals surface area contributed by atoms with Crippen molar-refractivity contribution in [2.24, 2.45) is 10.2 Å². The molecule has 0 saturated carbocycles. The number of amides is 1. The van der Waals surface area contributed by atoms with Gasteiger partial charge in [-0.15, -0.1) is 0 Å². The number of methoxy groups -OCH3 is 2. The molecule has 0 heterocycles. The Bertz CT molecular complexity index is 1050. The van der Waals surface area contributed by atoms with Crippen molar-refractivity contribution in [3.05, 3.63) is 34.3 Å². The number of benzene rings is 2. The summed E-state index contributed by atoms with van der Waals surface area (Å²) < 4.78 is 21.4. The first-order chi connectivity index (χ1) is 15.8. The second-order valence-electron chi connectivity index (χ2n) is 6.50. The second kappa shape index (κ2) is 12.3. The van der Waals surface area contributed by atoms with Crippen LogP contribution in [0.3, 0.4) is 0 Å². The van der Waals surface area contributed by atoms with Gasteiger partial charge in [-0.25, -0.2) is 0 Å². The van der Waals surface area contributed by atoms with Crippen LogP contribution in [-0.4, -0.2) is 45.2 Å². The Morgan fingerprint density at radius 2 is 1.67 bits per heavy atom. The fourth-order valence-corrected chi connectivity index (χ4v) is 3.32. The number of ketones is 1. The highest BCUT2D eigenvalue weighted by Gasteiger charge is 2.26. The molecule has 0 aliphatic carbocycles. The van der Waals surface area contributed by atoms with Crippen LogP contribution in [0.15, 0.2) is 34.5 Å². The maximum absolute atomic E-state index is 13.0. The molecule has 33 heavy (non-hydrogen) atoms. The lowest BCUT2D eigenvalue weighted by molar-refractivity contribution is -0.126. The van der Waals surface area contributed by atoms with E-state index in [-0.39, 0.29) is 27.2 Å². The molecule has 11 heteroatoms. The number of anilines is 1. The van der Waals surface area contributed by atoms with Gasteiger partial charge < -0.3 is 24.3 Å². The zero-order chi connectivity index (χ0) is 24.5. The highest BCUT2D eigenvalue weighted by Crippen LogP contribution is 2.41. The molecule has 0 fully saturated rings. The number of nitrogens with zero attached hydrogens (tertiary/aromatic N) is 2. The van der Waals surface area contributed by atoms with Crippen molar-refractivity contribution in [3.8, 4) is 23.0 Å². The standard InChI is InChI=1S/C22H25Cl2N3O6/c1-6-32-16-8-9-17(33-7-2)20(18(16)24)25-22(29)19(12(3)28)27-26-15-11-13(30-4)10-14(23)21(15)31-5/h8-11,19H,6-7H2,1-5H3,(H,25,29). The number of carbonyl (C=O) groups excluding carboxylic acids is 2. The average molecular weight is 498 g/mol. The maximum Gasteiger partial charge on any atom is 0.258 e. The first kappa shape index (κ1) is 26.2. The minimum Gasteiger partial charge on any atom is -0.497 e. The van der Waals surface area contributed by atoms with Gasteiger partial charge in [0.15, 0.2) is 11.5 Å². The Morgan fingerprint density at radius 1 is 1.03 bits per heavy atom. The zero-order valence-corrected chi connectivity index (χ0v) is 20.4. The summed E-state index contributed by atoms with van der Waals surface area (Å²) in [5.41, 5.74) is 0.352. The normalized spacial score (nSPS) is 11.7. The molecule has 2 aromatic carbocycles. The molecule has 0 aliphatic heterocycles. The lowest BCUT2D eigenvalue weighted by atomic mass is 10.2. The van der Waals surface area contributed by atoms with Crippen molar-refractivity contribution in [1.29, 1.82) is 0 Å². The van der Waals surface area contributed by atoms with Crippen LogP contribution in [0, 0.1) is 0 Å². The number of azo groups is 1. The summed E-state index contributed by atoms with van der Waals surface area (Å²) in [6.45, 7) is 5.52. The fourth-order valence-electron chi connectivity index (χ4n) is 2.78. The quantitative estimate of drug-likeness (QED) is 0.324. The largest absolute Gasteiger partial charge is 0.497 e. The Hall–Kier alpha value is -3.04. The summed E-state index contributed by atoms with van der Waals surface area (Å²) >= 11 is 12.6. The molecule has 2 aromatic rings.